The summed E-state index contributed by atoms with van der Waals surface area (Å²) in [6.45, 7) is 9.67. The molecule has 1 rings (SSSR count). The first-order valence-electron chi connectivity index (χ1n) is 5.66. The lowest BCUT2D eigenvalue weighted by Crippen LogP contribution is -2.50. The largest absolute Gasteiger partial charge is 0.373 e. The van der Waals surface area contributed by atoms with Crippen molar-refractivity contribution in [2.24, 2.45) is 0 Å². The molecule has 0 aliphatic carbocycles. The van der Waals surface area contributed by atoms with Crippen LogP contribution in [-0.4, -0.2) is 49.3 Å². The Balaban J connectivity index is 2.39. The summed E-state index contributed by atoms with van der Waals surface area (Å²) in [6, 6.07) is 2.22. The van der Waals surface area contributed by atoms with Gasteiger partial charge in [0, 0.05) is 19.6 Å². The first kappa shape index (κ1) is 12.4. The maximum atomic E-state index is 8.95. The van der Waals surface area contributed by atoms with E-state index in [9.17, 15) is 0 Å². The minimum Gasteiger partial charge on any atom is -0.373 e. The zero-order valence-corrected chi connectivity index (χ0v) is 9.86. The second-order valence-electron chi connectivity index (χ2n) is 4.22. The van der Waals surface area contributed by atoms with Gasteiger partial charge in [-0.15, -0.1) is 0 Å². The highest BCUT2D eigenvalue weighted by Gasteiger charge is 2.23. The molecule has 0 aromatic rings. The van der Waals surface area contributed by atoms with Crippen LogP contribution in [0, 0.1) is 11.3 Å². The molecule has 3 atom stereocenters. The highest BCUT2D eigenvalue weighted by atomic mass is 16.5. The van der Waals surface area contributed by atoms with Gasteiger partial charge in [0.15, 0.2) is 0 Å². The first-order chi connectivity index (χ1) is 7.15. The van der Waals surface area contributed by atoms with Crippen molar-refractivity contribution < 1.29 is 4.74 Å². The van der Waals surface area contributed by atoms with Gasteiger partial charge in [-0.1, -0.05) is 6.92 Å². The summed E-state index contributed by atoms with van der Waals surface area (Å²) in [4.78, 5) is 2.30. The van der Waals surface area contributed by atoms with Crippen LogP contribution in [0.25, 0.3) is 0 Å². The average molecular weight is 211 g/mol. The van der Waals surface area contributed by atoms with Crippen LogP contribution >= 0.6 is 0 Å². The molecule has 0 aromatic carbocycles. The lowest BCUT2D eigenvalue weighted by atomic mass is 10.2. The van der Waals surface area contributed by atoms with Gasteiger partial charge in [0.1, 0.15) is 6.04 Å². The standard InChI is InChI=1S/C11H21N3O/c1-4-13-11(5-12)8-14-6-9(2)15-10(3)7-14/h9-11,13H,4,6-8H2,1-3H3. The Bertz CT molecular complexity index is 216. The highest BCUT2D eigenvalue weighted by Crippen LogP contribution is 2.10. The number of ether oxygens (including phenoxy) is 1. The van der Waals surface area contributed by atoms with E-state index in [-0.39, 0.29) is 18.2 Å². The Labute approximate surface area is 92.2 Å². The number of nitrogens with zero attached hydrogens (tertiary/aromatic N) is 2. The molecule has 15 heavy (non-hydrogen) atoms. The van der Waals surface area contributed by atoms with E-state index in [2.05, 4.69) is 30.1 Å². The van der Waals surface area contributed by atoms with E-state index in [1.54, 1.807) is 0 Å². The van der Waals surface area contributed by atoms with Gasteiger partial charge in [0.05, 0.1) is 18.3 Å². The fourth-order valence-electron chi connectivity index (χ4n) is 2.09. The molecule has 0 radical (unpaired) electrons. The third-order valence-corrected chi connectivity index (χ3v) is 2.54. The monoisotopic (exact) mass is 211 g/mol. The van der Waals surface area contributed by atoms with Gasteiger partial charge < -0.3 is 10.1 Å². The Hall–Kier alpha value is -0.630. The summed E-state index contributed by atoms with van der Waals surface area (Å²) >= 11 is 0. The fraction of sp³-hybridized carbons (Fsp3) is 0.909. The van der Waals surface area contributed by atoms with Crippen molar-refractivity contribution >= 4 is 0 Å². The zero-order chi connectivity index (χ0) is 11.3. The quantitative estimate of drug-likeness (QED) is 0.739. The molecule has 3 unspecified atom stereocenters. The molecular weight excluding hydrogens is 190 g/mol. The van der Waals surface area contributed by atoms with E-state index in [4.69, 9.17) is 10.00 Å². The van der Waals surface area contributed by atoms with Gasteiger partial charge in [-0.2, -0.15) is 5.26 Å². The highest BCUT2D eigenvalue weighted by molar-refractivity contribution is 4.92. The van der Waals surface area contributed by atoms with Crippen molar-refractivity contribution in [2.45, 2.75) is 39.0 Å². The molecule has 0 aromatic heterocycles. The summed E-state index contributed by atoms with van der Waals surface area (Å²) in [5.41, 5.74) is 0. The Morgan fingerprint density at radius 3 is 2.53 bits per heavy atom. The molecule has 0 saturated carbocycles. The van der Waals surface area contributed by atoms with Crippen LogP contribution in [0.15, 0.2) is 0 Å². The van der Waals surface area contributed by atoms with E-state index in [1.165, 1.54) is 0 Å². The molecule has 86 valence electrons. The van der Waals surface area contributed by atoms with Crippen LogP contribution in [0.5, 0.6) is 0 Å². The van der Waals surface area contributed by atoms with E-state index < -0.39 is 0 Å². The van der Waals surface area contributed by atoms with Crippen LogP contribution < -0.4 is 5.32 Å². The third-order valence-electron chi connectivity index (χ3n) is 2.54. The van der Waals surface area contributed by atoms with Crippen LogP contribution in [0.1, 0.15) is 20.8 Å². The van der Waals surface area contributed by atoms with Crippen LogP contribution in [0.3, 0.4) is 0 Å². The summed E-state index contributed by atoms with van der Waals surface area (Å²) in [7, 11) is 0. The summed E-state index contributed by atoms with van der Waals surface area (Å²) in [5.74, 6) is 0. The van der Waals surface area contributed by atoms with Crippen molar-refractivity contribution in [3.63, 3.8) is 0 Å². The fourth-order valence-corrected chi connectivity index (χ4v) is 2.09. The number of nitrogens with one attached hydrogen (secondary N) is 1. The van der Waals surface area contributed by atoms with E-state index in [0.29, 0.717) is 0 Å². The minimum absolute atomic E-state index is 0.0625. The summed E-state index contributed by atoms with van der Waals surface area (Å²) < 4.78 is 5.65. The number of hydrogen-bond donors (Lipinski definition) is 1. The molecule has 0 bridgehead atoms. The predicted octanol–water partition coefficient (Wildman–Crippen LogP) is 0.597. The second-order valence-corrected chi connectivity index (χ2v) is 4.22. The van der Waals surface area contributed by atoms with Gasteiger partial charge in [0.25, 0.3) is 0 Å². The van der Waals surface area contributed by atoms with E-state index in [1.807, 2.05) is 6.92 Å². The topological polar surface area (TPSA) is 48.3 Å². The number of hydrogen-bond acceptors (Lipinski definition) is 4. The number of rotatable bonds is 4. The van der Waals surface area contributed by atoms with Gasteiger partial charge in [-0.05, 0) is 20.4 Å². The molecule has 1 fully saturated rings. The van der Waals surface area contributed by atoms with Gasteiger partial charge in [0.2, 0.25) is 0 Å². The van der Waals surface area contributed by atoms with Crippen LogP contribution in [0.4, 0.5) is 0 Å². The molecule has 1 aliphatic rings. The maximum absolute atomic E-state index is 8.95. The summed E-state index contributed by atoms with van der Waals surface area (Å²) in [6.07, 6.45) is 0.546. The Morgan fingerprint density at radius 1 is 1.47 bits per heavy atom. The van der Waals surface area contributed by atoms with Crippen molar-refractivity contribution in [1.29, 1.82) is 5.26 Å². The molecule has 0 spiro atoms. The average Bonchev–Trinajstić information content (AvgIpc) is 2.15. The number of nitriles is 1. The van der Waals surface area contributed by atoms with Gasteiger partial charge in [-0.25, -0.2) is 0 Å². The number of likely N-dealkylation sites (N-methyl/N-ethyl adjacent to an activating group) is 1. The van der Waals surface area contributed by atoms with Crippen LogP contribution in [0.2, 0.25) is 0 Å². The molecule has 0 amide bonds. The zero-order valence-electron chi connectivity index (χ0n) is 9.86. The van der Waals surface area contributed by atoms with E-state index >= 15 is 0 Å². The lowest BCUT2D eigenvalue weighted by molar-refractivity contribution is -0.0687. The number of morpholine rings is 1. The minimum atomic E-state index is -0.0625. The summed E-state index contributed by atoms with van der Waals surface area (Å²) in [5, 5.41) is 12.1. The Morgan fingerprint density at radius 2 is 2.07 bits per heavy atom. The smallest absolute Gasteiger partial charge is 0.108 e. The van der Waals surface area contributed by atoms with E-state index in [0.717, 1.165) is 26.2 Å². The lowest BCUT2D eigenvalue weighted by Gasteiger charge is -2.36. The van der Waals surface area contributed by atoms with Crippen molar-refractivity contribution in [1.82, 2.24) is 10.2 Å². The second kappa shape index (κ2) is 6.06. The van der Waals surface area contributed by atoms with Crippen molar-refractivity contribution in [3.8, 4) is 6.07 Å². The molecule has 1 N–H and O–H groups in total. The van der Waals surface area contributed by atoms with Gasteiger partial charge in [-0.3, -0.25) is 4.90 Å². The SMILES string of the molecule is CCNC(C#N)CN1CC(C)OC(C)C1. The van der Waals surface area contributed by atoms with Crippen molar-refractivity contribution in [3.05, 3.63) is 0 Å². The van der Waals surface area contributed by atoms with Crippen molar-refractivity contribution in [2.75, 3.05) is 26.2 Å². The van der Waals surface area contributed by atoms with Crippen LogP contribution in [-0.2, 0) is 4.74 Å². The molecule has 4 heteroatoms. The third kappa shape index (κ3) is 4.17. The molecule has 4 nitrogen and oxygen atoms in total. The maximum Gasteiger partial charge on any atom is 0.108 e. The molecule has 1 heterocycles. The van der Waals surface area contributed by atoms with Gasteiger partial charge >= 0.3 is 0 Å². The Kier molecular flexibility index (Phi) is 5.03. The molecular formula is C11H21N3O. The molecule has 1 saturated heterocycles. The predicted molar refractivity (Wildman–Crippen MR) is 59.5 cm³/mol. The first-order valence-corrected chi connectivity index (χ1v) is 5.66. The molecule has 1 aliphatic heterocycles. The normalized spacial score (nSPS) is 29.7.